The van der Waals surface area contributed by atoms with E-state index in [1.54, 1.807) is 0 Å². The van der Waals surface area contributed by atoms with E-state index in [0.29, 0.717) is 5.41 Å². The van der Waals surface area contributed by atoms with Gasteiger partial charge in [0.25, 0.3) is 0 Å². The molecular formula is C17H27N. The van der Waals surface area contributed by atoms with Crippen LogP contribution in [0, 0.1) is 24.2 Å². The predicted octanol–water partition coefficient (Wildman–Crippen LogP) is 3.94. The zero-order valence-corrected chi connectivity index (χ0v) is 12.1. The van der Waals surface area contributed by atoms with E-state index in [9.17, 15) is 0 Å². The van der Waals surface area contributed by atoms with Gasteiger partial charge >= 0.3 is 0 Å². The van der Waals surface area contributed by atoms with E-state index in [0.717, 1.165) is 18.4 Å². The Morgan fingerprint density at radius 3 is 2.72 bits per heavy atom. The maximum atomic E-state index is 5.97. The van der Waals surface area contributed by atoms with E-state index in [2.05, 4.69) is 45.0 Å². The molecule has 1 aromatic carbocycles. The summed E-state index contributed by atoms with van der Waals surface area (Å²) in [5.74, 6) is 1.49. The van der Waals surface area contributed by atoms with Crippen molar-refractivity contribution in [3.05, 3.63) is 35.4 Å². The van der Waals surface area contributed by atoms with E-state index in [1.807, 2.05) is 0 Å². The molecule has 18 heavy (non-hydrogen) atoms. The molecule has 0 saturated heterocycles. The van der Waals surface area contributed by atoms with Gasteiger partial charge < -0.3 is 5.73 Å². The Morgan fingerprint density at radius 2 is 2.06 bits per heavy atom. The van der Waals surface area contributed by atoms with Crippen LogP contribution in [-0.4, -0.2) is 6.54 Å². The molecule has 2 unspecified atom stereocenters. The lowest BCUT2D eigenvalue weighted by molar-refractivity contribution is 0.121. The third-order valence-corrected chi connectivity index (χ3v) is 4.56. The Morgan fingerprint density at radius 1 is 1.28 bits per heavy atom. The van der Waals surface area contributed by atoms with Crippen LogP contribution in [0.4, 0.5) is 0 Å². The Bertz CT molecular complexity index is 394. The van der Waals surface area contributed by atoms with Crippen molar-refractivity contribution in [2.24, 2.45) is 23.0 Å². The second kappa shape index (κ2) is 5.44. The fourth-order valence-corrected chi connectivity index (χ4v) is 3.48. The number of hydrogen-bond donors (Lipinski definition) is 1. The smallest absolute Gasteiger partial charge is 0.00461 e. The first-order valence-corrected chi connectivity index (χ1v) is 7.26. The largest absolute Gasteiger partial charge is 0.330 e. The molecule has 1 aliphatic rings. The molecule has 2 rings (SSSR count). The van der Waals surface area contributed by atoms with Gasteiger partial charge in [0.1, 0.15) is 0 Å². The summed E-state index contributed by atoms with van der Waals surface area (Å²) in [6.07, 6.45) is 5.16. The minimum atomic E-state index is 0.500. The molecule has 0 bridgehead atoms. The standard InChI is InChI=1S/C17H27N/c1-13-5-4-6-14(9-13)10-16-11-17(2,3)8-7-15(16)12-18/h4-6,9,15-16H,7-8,10-12,18H2,1-3H3. The Labute approximate surface area is 112 Å². The summed E-state index contributed by atoms with van der Waals surface area (Å²) in [6, 6.07) is 8.95. The summed E-state index contributed by atoms with van der Waals surface area (Å²) in [5.41, 5.74) is 9.32. The molecular weight excluding hydrogens is 218 g/mol. The zero-order valence-electron chi connectivity index (χ0n) is 12.1. The molecule has 2 N–H and O–H groups in total. The first-order chi connectivity index (χ1) is 8.50. The third-order valence-electron chi connectivity index (χ3n) is 4.56. The van der Waals surface area contributed by atoms with Crippen LogP contribution in [0.3, 0.4) is 0 Å². The molecule has 2 atom stereocenters. The Kier molecular flexibility index (Phi) is 4.11. The summed E-state index contributed by atoms with van der Waals surface area (Å²) in [4.78, 5) is 0. The highest BCUT2D eigenvalue weighted by Gasteiger charge is 2.33. The van der Waals surface area contributed by atoms with Crippen LogP contribution < -0.4 is 5.73 Å². The van der Waals surface area contributed by atoms with Gasteiger partial charge in [0.2, 0.25) is 0 Å². The average molecular weight is 245 g/mol. The fraction of sp³-hybridized carbons (Fsp3) is 0.647. The van der Waals surface area contributed by atoms with Gasteiger partial charge in [0, 0.05) is 0 Å². The first-order valence-electron chi connectivity index (χ1n) is 7.26. The lowest BCUT2D eigenvalue weighted by Crippen LogP contribution is -2.35. The molecule has 1 aromatic rings. The van der Waals surface area contributed by atoms with Crippen LogP contribution >= 0.6 is 0 Å². The monoisotopic (exact) mass is 245 g/mol. The number of hydrogen-bond acceptors (Lipinski definition) is 1. The second-order valence-corrected chi connectivity index (χ2v) is 6.86. The summed E-state index contributed by atoms with van der Waals surface area (Å²) >= 11 is 0. The highest BCUT2D eigenvalue weighted by molar-refractivity contribution is 5.22. The molecule has 0 heterocycles. The van der Waals surface area contributed by atoms with Crippen molar-refractivity contribution in [1.82, 2.24) is 0 Å². The molecule has 1 saturated carbocycles. The quantitative estimate of drug-likeness (QED) is 0.857. The van der Waals surface area contributed by atoms with E-state index in [1.165, 1.54) is 36.8 Å². The van der Waals surface area contributed by atoms with E-state index < -0.39 is 0 Å². The maximum Gasteiger partial charge on any atom is -0.00461 e. The number of aryl methyl sites for hydroxylation is 1. The summed E-state index contributed by atoms with van der Waals surface area (Å²) in [7, 11) is 0. The van der Waals surface area contributed by atoms with Crippen LogP contribution in [0.5, 0.6) is 0 Å². The molecule has 100 valence electrons. The number of benzene rings is 1. The van der Waals surface area contributed by atoms with E-state index in [-0.39, 0.29) is 0 Å². The van der Waals surface area contributed by atoms with Crippen molar-refractivity contribution in [1.29, 1.82) is 0 Å². The van der Waals surface area contributed by atoms with Gasteiger partial charge in [-0.1, -0.05) is 43.7 Å². The summed E-state index contributed by atoms with van der Waals surface area (Å²) in [6.45, 7) is 7.84. The van der Waals surface area contributed by atoms with Gasteiger partial charge in [0.15, 0.2) is 0 Å². The molecule has 1 nitrogen and oxygen atoms in total. The summed E-state index contributed by atoms with van der Waals surface area (Å²) < 4.78 is 0. The minimum Gasteiger partial charge on any atom is -0.330 e. The van der Waals surface area contributed by atoms with Crippen LogP contribution in [0.2, 0.25) is 0 Å². The topological polar surface area (TPSA) is 26.0 Å². The lowest BCUT2D eigenvalue weighted by Gasteiger charge is -2.40. The Hall–Kier alpha value is -0.820. The molecule has 1 aliphatic carbocycles. The lowest BCUT2D eigenvalue weighted by atomic mass is 9.65. The highest BCUT2D eigenvalue weighted by atomic mass is 14.6. The van der Waals surface area contributed by atoms with Crippen LogP contribution in [0.15, 0.2) is 24.3 Å². The maximum absolute atomic E-state index is 5.97. The van der Waals surface area contributed by atoms with Crippen molar-refractivity contribution in [3.8, 4) is 0 Å². The third kappa shape index (κ3) is 3.35. The number of nitrogens with two attached hydrogens (primary N) is 1. The SMILES string of the molecule is Cc1cccc(CC2CC(C)(C)CCC2CN)c1. The predicted molar refractivity (Wildman–Crippen MR) is 78.5 cm³/mol. The molecule has 1 heteroatoms. The molecule has 1 fully saturated rings. The first kappa shape index (κ1) is 13.6. The van der Waals surface area contributed by atoms with Crippen molar-refractivity contribution in [2.45, 2.75) is 46.5 Å². The van der Waals surface area contributed by atoms with Gasteiger partial charge in [-0.25, -0.2) is 0 Å². The van der Waals surface area contributed by atoms with Gasteiger partial charge in [-0.15, -0.1) is 0 Å². The van der Waals surface area contributed by atoms with Crippen molar-refractivity contribution >= 4 is 0 Å². The van der Waals surface area contributed by atoms with E-state index >= 15 is 0 Å². The fourth-order valence-electron chi connectivity index (χ4n) is 3.48. The normalized spacial score (nSPS) is 27.1. The Balaban J connectivity index is 2.09. The van der Waals surface area contributed by atoms with Gasteiger partial charge in [0.05, 0.1) is 0 Å². The van der Waals surface area contributed by atoms with Crippen molar-refractivity contribution in [2.75, 3.05) is 6.54 Å². The van der Waals surface area contributed by atoms with Crippen LogP contribution in [0.25, 0.3) is 0 Å². The molecule has 0 radical (unpaired) electrons. The minimum absolute atomic E-state index is 0.500. The number of rotatable bonds is 3. The van der Waals surface area contributed by atoms with Gasteiger partial charge in [-0.05, 0) is 62.0 Å². The van der Waals surface area contributed by atoms with E-state index in [4.69, 9.17) is 5.73 Å². The molecule has 0 spiro atoms. The highest BCUT2D eigenvalue weighted by Crippen LogP contribution is 2.42. The zero-order chi connectivity index (χ0) is 13.2. The molecule has 0 aromatic heterocycles. The van der Waals surface area contributed by atoms with Crippen molar-refractivity contribution in [3.63, 3.8) is 0 Å². The van der Waals surface area contributed by atoms with Gasteiger partial charge in [-0.2, -0.15) is 0 Å². The van der Waals surface area contributed by atoms with Crippen LogP contribution in [0.1, 0.15) is 44.2 Å². The van der Waals surface area contributed by atoms with Gasteiger partial charge in [-0.3, -0.25) is 0 Å². The average Bonchev–Trinajstić information content (AvgIpc) is 2.28. The molecule has 0 aliphatic heterocycles. The second-order valence-electron chi connectivity index (χ2n) is 6.86. The molecule has 0 amide bonds. The summed E-state index contributed by atoms with van der Waals surface area (Å²) in [5, 5.41) is 0. The van der Waals surface area contributed by atoms with Crippen LogP contribution in [-0.2, 0) is 6.42 Å². The van der Waals surface area contributed by atoms with Crippen molar-refractivity contribution < 1.29 is 0 Å².